The number of rotatable bonds is 6. The number of hydrogen-bond donors (Lipinski definition) is 2. The summed E-state index contributed by atoms with van der Waals surface area (Å²) < 4.78 is 33.6. The Morgan fingerprint density at radius 1 is 1.12 bits per heavy atom. The van der Waals surface area contributed by atoms with Crippen molar-refractivity contribution in [1.82, 2.24) is 34.4 Å². The second-order valence-electron chi connectivity index (χ2n) is 7.78. The van der Waals surface area contributed by atoms with Crippen LogP contribution >= 0.6 is 0 Å². The van der Waals surface area contributed by atoms with Gasteiger partial charge in [0.2, 0.25) is 23.6 Å². The summed E-state index contributed by atoms with van der Waals surface area (Å²) in [5.41, 5.74) is 6.39. The number of hydrogen-bond acceptors (Lipinski definition) is 9. The summed E-state index contributed by atoms with van der Waals surface area (Å²) in [4.78, 5) is 29.1. The molecule has 0 atom stereocenters. The lowest BCUT2D eigenvalue weighted by atomic mass is 10.2. The molecule has 1 fully saturated rings. The molecule has 5 rings (SSSR count). The molecule has 1 aromatic carbocycles. The summed E-state index contributed by atoms with van der Waals surface area (Å²) in [6.07, 6.45) is 1.51. The van der Waals surface area contributed by atoms with E-state index in [0.717, 1.165) is 6.07 Å². The normalized spacial score (nSPS) is 14.6. The zero-order chi connectivity index (χ0) is 23.7. The first-order chi connectivity index (χ1) is 16.5. The van der Waals surface area contributed by atoms with Crippen molar-refractivity contribution in [1.29, 1.82) is 0 Å². The quantitative estimate of drug-likeness (QED) is 0.430. The number of benzene rings is 1. The Morgan fingerprint density at radius 2 is 1.94 bits per heavy atom. The van der Waals surface area contributed by atoms with Gasteiger partial charge < -0.3 is 20.4 Å². The SMILES string of the molecule is Nc1nc(NCC(=O)N2CCN(Cc3ccc(F)cc3F)CC2)nc2nc(-c3ccco3)nn12. The zero-order valence-corrected chi connectivity index (χ0v) is 18.0. The van der Waals surface area contributed by atoms with E-state index in [1.54, 1.807) is 17.0 Å². The molecule has 1 saturated heterocycles. The van der Waals surface area contributed by atoms with E-state index in [9.17, 15) is 13.6 Å². The van der Waals surface area contributed by atoms with Crippen LogP contribution in [0, 0.1) is 11.6 Å². The average molecular weight is 469 g/mol. The number of aromatic nitrogens is 5. The second kappa shape index (κ2) is 9.02. The smallest absolute Gasteiger partial charge is 0.259 e. The number of halogens is 2. The number of fused-ring (bicyclic) bond motifs is 1. The largest absolute Gasteiger partial charge is 0.461 e. The molecule has 0 radical (unpaired) electrons. The molecule has 1 amide bonds. The number of piperazine rings is 1. The number of nitrogens with one attached hydrogen (secondary N) is 1. The van der Waals surface area contributed by atoms with Crippen LogP contribution in [0.25, 0.3) is 17.4 Å². The molecule has 0 aliphatic carbocycles. The highest BCUT2D eigenvalue weighted by Gasteiger charge is 2.22. The molecule has 3 N–H and O–H groups in total. The Balaban J connectivity index is 1.16. The lowest BCUT2D eigenvalue weighted by Gasteiger charge is -2.34. The van der Waals surface area contributed by atoms with Gasteiger partial charge in [0.15, 0.2) is 5.76 Å². The van der Waals surface area contributed by atoms with Crippen LogP contribution in [0.2, 0.25) is 0 Å². The second-order valence-corrected chi connectivity index (χ2v) is 7.78. The highest BCUT2D eigenvalue weighted by Crippen LogP contribution is 2.18. The fourth-order valence-electron chi connectivity index (χ4n) is 3.71. The van der Waals surface area contributed by atoms with Crippen molar-refractivity contribution in [2.45, 2.75) is 6.54 Å². The molecule has 0 bridgehead atoms. The standard InChI is InChI=1S/C21H21F2N9O2/c22-14-4-3-13(15(23)10-14)12-30-5-7-31(8-6-30)17(33)11-25-20-27-19(24)32-21(28-20)26-18(29-32)16-2-1-9-34-16/h1-4,9-10H,5-8,11-12H2,(H3,24,25,26,27,28,29). The lowest BCUT2D eigenvalue weighted by molar-refractivity contribution is -0.131. The summed E-state index contributed by atoms with van der Waals surface area (Å²) in [5, 5.41) is 7.11. The molecule has 3 aromatic heterocycles. The predicted octanol–water partition coefficient (Wildman–Crippen LogP) is 1.40. The van der Waals surface area contributed by atoms with E-state index >= 15 is 0 Å². The molecular weight excluding hydrogens is 448 g/mol. The van der Waals surface area contributed by atoms with E-state index in [2.05, 4.69) is 25.4 Å². The van der Waals surface area contributed by atoms with E-state index in [-0.39, 0.29) is 30.1 Å². The molecular formula is C21H21F2N9O2. The number of nitrogen functional groups attached to an aromatic ring is 1. The first-order valence-electron chi connectivity index (χ1n) is 10.6. The van der Waals surface area contributed by atoms with Crippen LogP contribution in [-0.2, 0) is 11.3 Å². The van der Waals surface area contributed by atoms with Crippen LogP contribution < -0.4 is 11.1 Å². The molecule has 1 aliphatic heterocycles. The van der Waals surface area contributed by atoms with Gasteiger partial charge in [-0.25, -0.2) is 8.78 Å². The van der Waals surface area contributed by atoms with Gasteiger partial charge in [-0.05, 0) is 18.2 Å². The Bertz CT molecular complexity index is 1320. The fraction of sp³-hybridized carbons (Fsp3) is 0.286. The Morgan fingerprint density at radius 3 is 2.68 bits per heavy atom. The summed E-state index contributed by atoms with van der Waals surface area (Å²) in [6.45, 7) is 2.46. The van der Waals surface area contributed by atoms with Crippen LogP contribution in [0.1, 0.15) is 5.56 Å². The molecule has 11 nitrogen and oxygen atoms in total. The van der Waals surface area contributed by atoms with E-state index in [1.807, 2.05) is 4.90 Å². The van der Waals surface area contributed by atoms with Crippen molar-refractivity contribution < 1.29 is 18.0 Å². The molecule has 0 saturated carbocycles. The van der Waals surface area contributed by atoms with Crippen molar-refractivity contribution in [3.63, 3.8) is 0 Å². The number of carbonyl (C=O) groups excluding carboxylic acids is 1. The minimum absolute atomic E-state index is 0.0264. The zero-order valence-electron chi connectivity index (χ0n) is 18.0. The molecule has 4 heterocycles. The Kier molecular flexibility index (Phi) is 5.76. The van der Waals surface area contributed by atoms with Gasteiger partial charge in [0.1, 0.15) is 11.6 Å². The Labute approximate surface area is 192 Å². The number of nitrogens with zero attached hydrogens (tertiary/aromatic N) is 7. The fourth-order valence-corrected chi connectivity index (χ4v) is 3.71. The van der Waals surface area contributed by atoms with Gasteiger partial charge in [0.05, 0.1) is 12.8 Å². The Hall–Kier alpha value is -4.13. The topological polar surface area (TPSA) is 131 Å². The maximum absolute atomic E-state index is 13.9. The van der Waals surface area contributed by atoms with Crippen molar-refractivity contribution in [3.8, 4) is 11.6 Å². The molecule has 1 aliphatic rings. The van der Waals surface area contributed by atoms with Crippen LogP contribution in [0.5, 0.6) is 0 Å². The molecule has 34 heavy (non-hydrogen) atoms. The minimum Gasteiger partial charge on any atom is -0.461 e. The molecule has 13 heteroatoms. The minimum atomic E-state index is -0.601. The molecule has 4 aromatic rings. The highest BCUT2D eigenvalue weighted by atomic mass is 19.1. The van der Waals surface area contributed by atoms with Crippen LogP contribution in [0.15, 0.2) is 41.0 Å². The van der Waals surface area contributed by atoms with Crippen LogP contribution in [0.3, 0.4) is 0 Å². The van der Waals surface area contributed by atoms with Gasteiger partial charge in [-0.3, -0.25) is 9.69 Å². The van der Waals surface area contributed by atoms with E-state index < -0.39 is 11.6 Å². The summed E-state index contributed by atoms with van der Waals surface area (Å²) >= 11 is 0. The lowest BCUT2D eigenvalue weighted by Crippen LogP contribution is -2.49. The molecule has 176 valence electrons. The van der Waals surface area contributed by atoms with Crippen molar-refractivity contribution in [2.75, 3.05) is 43.8 Å². The summed E-state index contributed by atoms with van der Waals surface area (Å²) in [5.74, 6) is -0.0793. The van der Waals surface area contributed by atoms with E-state index in [0.29, 0.717) is 49.9 Å². The maximum atomic E-state index is 13.9. The van der Waals surface area contributed by atoms with Crippen LogP contribution in [0.4, 0.5) is 20.7 Å². The van der Waals surface area contributed by atoms with Gasteiger partial charge in [-0.15, -0.1) is 5.10 Å². The highest BCUT2D eigenvalue weighted by molar-refractivity contribution is 5.80. The van der Waals surface area contributed by atoms with Crippen molar-refractivity contribution >= 4 is 23.6 Å². The van der Waals surface area contributed by atoms with Gasteiger partial charge >= 0.3 is 0 Å². The predicted molar refractivity (Wildman–Crippen MR) is 117 cm³/mol. The van der Waals surface area contributed by atoms with Crippen LogP contribution in [-0.4, -0.2) is 73.0 Å². The van der Waals surface area contributed by atoms with Crippen molar-refractivity contribution in [3.05, 3.63) is 53.8 Å². The van der Waals surface area contributed by atoms with Crippen molar-refractivity contribution in [2.24, 2.45) is 0 Å². The number of carbonyl (C=O) groups is 1. The van der Waals surface area contributed by atoms with Gasteiger partial charge in [-0.1, -0.05) is 6.07 Å². The number of anilines is 2. The third kappa shape index (κ3) is 4.50. The number of furan rings is 1. The third-order valence-electron chi connectivity index (χ3n) is 5.51. The number of nitrogens with two attached hydrogens (primary N) is 1. The number of amides is 1. The first-order valence-corrected chi connectivity index (χ1v) is 10.6. The molecule has 0 unspecified atom stereocenters. The molecule has 0 spiro atoms. The maximum Gasteiger partial charge on any atom is 0.259 e. The third-order valence-corrected chi connectivity index (χ3v) is 5.51. The average Bonchev–Trinajstić information content (AvgIpc) is 3.50. The van der Waals surface area contributed by atoms with E-state index in [4.69, 9.17) is 10.2 Å². The summed E-state index contributed by atoms with van der Waals surface area (Å²) in [7, 11) is 0. The van der Waals surface area contributed by atoms with Gasteiger partial charge in [0, 0.05) is 44.4 Å². The van der Waals surface area contributed by atoms with Gasteiger partial charge in [0.25, 0.3) is 5.78 Å². The summed E-state index contributed by atoms with van der Waals surface area (Å²) in [6, 6.07) is 7.00. The van der Waals surface area contributed by atoms with Gasteiger partial charge in [-0.2, -0.15) is 19.5 Å². The monoisotopic (exact) mass is 469 g/mol. The first kappa shape index (κ1) is 21.7. The van der Waals surface area contributed by atoms with E-state index in [1.165, 1.54) is 22.9 Å².